The van der Waals surface area contributed by atoms with Crippen LogP contribution in [0.5, 0.6) is 5.88 Å². The Morgan fingerprint density at radius 1 is 1.28 bits per heavy atom. The number of carbonyl (C=O) groups is 1. The number of carboxylic acid groups (broad SMARTS) is 1. The van der Waals surface area contributed by atoms with Crippen LogP contribution < -0.4 is 20.8 Å². The molecule has 0 unspecified atom stereocenters. The van der Waals surface area contributed by atoms with E-state index in [0.717, 1.165) is 18.9 Å². The van der Waals surface area contributed by atoms with Crippen LogP contribution >= 0.6 is 11.6 Å². The number of aromatic carboxylic acids is 1. The fourth-order valence-corrected chi connectivity index (χ4v) is 4.62. The molecule has 9 nitrogen and oxygen atoms in total. The first-order valence-electron chi connectivity index (χ1n) is 11.2. The second-order valence-electron chi connectivity index (χ2n) is 8.40. The van der Waals surface area contributed by atoms with E-state index in [0.29, 0.717) is 28.7 Å². The fraction of sp³-hybridized carbons (Fsp3) is 0.200. The highest BCUT2D eigenvalue weighted by Crippen LogP contribution is 2.32. The van der Waals surface area contributed by atoms with Crippen molar-refractivity contribution >= 4 is 40.0 Å². The Kier molecular flexibility index (Phi) is 6.19. The smallest absolute Gasteiger partial charge is 0.341 e. The lowest BCUT2D eigenvalue weighted by Crippen LogP contribution is -2.35. The molecule has 1 atom stereocenters. The number of rotatable bonds is 6. The van der Waals surface area contributed by atoms with Gasteiger partial charge in [-0.15, -0.1) is 0 Å². The fourth-order valence-electron chi connectivity index (χ4n) is 4.44. The summed E-state index contributed by atoms with van der Waals surface area (Å²) in [6.45, 7) is 0.814. The van der Waals surface area contributed by atoms with Gasteiger partial charge in [-0.1, -0.05) is 11.6 Å². The van der Waals surface area contributed by atoms with Crippen molar-refractivity contribution in [3.8, 4) is 11.6 Å². The third-order valence-corrected chi connectivity index (χ3v) is 6.46. The van der Waals surface area contributed by atoms with Crippen LogP contribution in [0.4, 0.5) is 15.9 Å². The summed E-state index contributed by atoms with van der Waals surface area (Å²) in [5.74, 6) is -1.46. The molecule has 3 N–H and O–H groups in total. The van der Waals surface area contributed by atoms with E-state index in [2.05, 4.69) is 9.97 Å². The van der Waals surface area contributed by atoms with Gasteiger partial charge in [0.15, 0.2) is 0 Å². The van der Waals surface area contributed by atoms with Gasteiger partial charge in [0.05, 0.1) is 29.1 Å². The summed E-state index contributed by atoms with van der Waals surface area (Å²) >= 11 is 6.14. The molecular weight excluding hydrogens is 489 g/mol. The number of benzene rings is 1. The number of hydrogen-bond acceptors (Lipinski definition) is 7. The van der Waals surface area contributed by atoms with Gasteiger partial charge in [0.2, 0.25) is 11.3 Å². The lowest BCUT2D eigenvalue weighted by atomic mass is 10.1. The van der Waals surface area contributed by atoms with Crippen molar-refractivity contribution in [3.63, 3.8) is 0 Å². The van der Waals surface area contributed by atoms with Crippen LogP contribution in [-0.4, -0.2) is 44.8 Å². The van der Waals surface area contributed by atoms with E-state index in [1.165, 1.54) is 17.0 Å². The van der Waals surface area contributed by atoms with Gasteiger partial charge < -0.3 is 25.0 Å². The van der Waals surface area contributed by atoms with Crippen LogP contribution in [0, 0.1) is 5.82 Å². The molecule has 5 rings (SSSR count). The number of fused-ring (bicyclic) bond motifs is 1. The Labute approximate surface area is 209 Å². The number of halogens is 2. The van der Waals surface area contributed by atoms with Crippen molar-refractivity contribution < 1.29 is 19.0 Å². The number of nitrogens with two attached hydrogens (primary N) is 1. The lowest BCUT2D eigenvalue weighted by Gasteiger charge is -2.28. The molecule has 0 saturated carbocycles. The number of carboxylic acids is 1. The highest BCUT2D eigenvalue weighted by molar-refractivity contribution is 6.31. The summed E-state index contributed by atoms with van der Waals surface area (Å²) in [4.78, 5) is 34.7. The average Bonchev–Trinajstić information content (AvgIpc) is 3.32. The SMILES string of the molecule is Nc1ccc(-n2cc(C(=O)O)c(=O)c3cc(F)c(N4CCC[C@@H]4COc4ncccc4Cl)cc32)cn1. The molecule has 1 aromatic carbocycles. The lowest BCUT2D eigenvalue weighted by molar-refractivity contribution is 0.0695. The van der Waals surface area contributed by atoms with Crippen molar-refractivity contribution in [1.29, 1.82) is 0 Å². The second kappa shape index (κ2) is 9.46. The number of ether oxygens (including phenoxy) is 1. The van der Waals surface area contributed by atoms with Crippen molar-refractivity contribution in [3.05, 3.63) is 81.6 Å². The molecule has 1 fully saturated rings. The normalized spacial score (nSPS) is 15.4. The minimum atomic E-state index is -1.41. The van der Waals surface area contributed by atoms with E-state index in [1.807, 2.05) is 4.90 Å². The van der Waals surface area contributed by atoms with E-state index in [4.69, 9.17) is 22.1 Å². The van der Waals surface area contributed by atoms with Crippen molar-refractivity contribution in [1.82, 2.24) is 14.5 Å². The zero-order chi connectivity index (χ0) is 25.4. The minimum Gasteiger partial charge on any atom is -0.477 e. The summed E-state index contributed by atoms with van der Waals surface area (Å²) in [5, 5.41) is 9.89. The van der Waals surface area contributed by atoms with Gasteiger partial charge in [-0.05, 0) is 49.2 Å². The van der Waals surface area contributed by atoms with Gasteiger partial charge in [-0.3, -0.25) is 4.79 Å². The maximum absolute atomic E-state index is 15.4. The van der Waals surface area contributed by atoms with Gasteiger partial charge in [-0.2, -0.15) is 0 Å². The maximum atomic E-state index is 15.4. The van der Waals surface area contributed by atoms with Crippen LogP contribution in [0.3, 0.4) is 0 Å². The molecule has 0 amide bonds. The molecule has 1 aliphatic rings. The summed E-state index contributed by atoms with van der Waals surface area (Å²) in [7, 11) is 0. The van der Waals surface area contributed by atoms with Crippen molar-refractivity contribution in [2.45, 2.75) is 18.9 Å². The first kappa shape index (κ1) is 23.6. The van der Waals surface area contributed by atoms with Gasteiger partial charge in [-0.25, -0.2) is 19.2 Å². The highest BCUT2D eigenvalue weighted by Gasteiger charge is 2.29. The molecule has 0 radical (unpaired) electrons. The summed E-state index contributed by atoms with van der Waals surface area (Å²) < 4.78 is 22.8. The van der Waals surface area contributed by atoms with Gasteiger partial charge in [0, 0.05) is 24.3 Å². The minimum absolute atomic E-state index is 0.0553. The standard InChI is InChI=1S/C25H21ClFN5O4/c26-18-4-1-7-29-24(18)36-13-15-3-2-8-31(15)21-10-20-16(9-19(21)27)23(33)17(25(34)35)12-32(20)14-5-6-22(28)30-11-14/h1,4-7,9-12,15H,2-3,8,13H2,(H2,28,30)(H,34,35)/t15-/m1/s1. The molecule has 0 bridgehead atoms. The third-order valence-electron chi connectivity index (χ3n) is 6.18. The molecular formula is C25H21ClFN5O4. The van der Waals surface area contributed by atoms with E-state index in [-0.39, 0.29) is 29.5 Å². The average molecular weight is 510 g/mol. The Bertz CT molecular complexity index is 1530. The van der Waals surface area contributed by atoms with Crippen molar-refractivity contribution in [2.75, 3.05) is 23.8 Å². The topological polar surface area (TPSA) is 124 Å². The van der Waals surface area contributed by atoms with Crippen LogP contribution in [0.25, 0.3) is 16.6 Å². The number of pyridine rings is 3. The van der Waals surface area contributed by atoms with E-state index in [9.17, 15) is 14.7 Å². The zero-order valence-electron chi connectivity index (χ0n) is 18.9. The first-order valence-corrected chi connectivity index (χ1v) is 11.6. The Morgan fingerprint density at radius 3 is 2.83 bits per heavy atom. The molecule has 1 saturated heterocycles. The molecule has 4 aromatic rings. The monoisotopic (exact) mass is 509 g/mol. The molecule has 4 heterocycles. The molecule has 184 valence electrons. The number of nitrogen functional groups attached to an aromatic ring is 1. The first-order chi connectivity index (χ1) is 17.3. The highest BCUT2D eigenvalue weighted by atomic mass is 35.5. The number of aromatic nitrogens is 3. The Morgan fingerprint density at radius 2 is 2.11 bits per heavy atom. The quantitative estimate of drug-likeness (QED) is 0.401. The number of nitrogens with zero attached hydrogens (tertiary/aromatic N) is 4. The van der Waals surface area contributed by atoms with Crippen molar-refractivity contribution in [2.24, 2.45) is 0 Å². The molecule has 0 aliphatic carbocycles. The van der Waals surface area contributed by atoms with Crippen LogP contribution in [-0.2, 0) is 0 Å². The summed E-state index contributed by atoms with van der Waals surface area (Å²) in [6.07, 6.45) is 5.82. The van der Waals surface area contributed by atoms with Gasteiger partial charge in [0.25, 0.3) is 0 Å². The summed E-state index contributed by atoms with van der Waals surface area (Å²) in [6, 6.07) is 9.06. The van der Waals surface area contributed by atoms with Crippen LogP contribution in [0.1, 0.15) is 23.2 Å². The summed E-state index contributed by atoms with van der Waals surface area (Å²) in [5.41, 5.74) is 5.54. The zero-order valence-corrected chi connectivity index (χ0v) is 19.7. The Hall–Kier alpha value is -4.18. The predicted octanol–water partition coefficient (Wildman–Crippen LogP) is 3.90. The maximum Gasteiger partial charge on any atom is 0.341 e. The van der Waals surface area contributed by atoms with E-state index < -0.39 is 22.8 Å². The van der Waals surface area contributed by atoms with Gasteiger partial charge >= 0.3 is 5.97 Å². The largest absolute Gasteiger partial charge is 0.477 e. The van der Waals surface area contributed by atoms with E-state index in [1.54, 1.807) is 36.5 Å². The number of anilines is 2. The van der Waals surface area contributed by atoms with Crippen LogP contribution in [0.15, 0.2) is 59.8 Å². The molecule has 11 heteroatoms. The third kappa shape index (κ3) is 4.31. The predicted molar refractivity (Wildman–Crippen MR) is 134 cm³/mol. The molecule has 1 aliphatic heterocycles. The Balaban J connectivity index is 1.59. The number of hydrogen-bond donors (Lipinski definition) is 2. The molecule has 3 aromatic heterocycles. The van der Waals surface area contributed by atoms with Gasteiger partial charge in [0.1, 0.15) is 28.8 Å². The second-order valence-corrected chi connectivity index (χ2v) is 8.81. The van der Waals surface area contributed by atoms with Crippen LogP contribution in [0.2, 0.25) is 5.02 Å². The van der Waals surface area contributed by atoms with E-state index >= 15 is 4.39 Å². The molecule has 36 heavy (non-hydrogen) atoms. The molecule has 0 spiro atoms.